The molecule has 0 saturated heterocycles. The fraction of sp³-hybridized carbons (Fsp3) is 0.455. The van der Waals surface area contributed by atoms with Crippen LogP contribution in [-0.2, 0) is 11.2 Å². The van der Waals surface area contributed by atoms with Gasteiger partial charge in [0.15, 0.2) is 0 Å². The van der Waals surface area contributed by atoms with Crippen LogP contribution in [0.1, 0.15) is 5.69 Å². The van der Waals surface area contributed by atoms with Gasteiger partial charge in [-0.25, -0.2) is 9.97 Å². The molecule has 0 aromatic carbocycles. The Bertz CT molecular complexity index is 457. The minimum atomic E-state index is 0.296. The van der Waals surface area contributed by atoms with Gasteiger partial charge in [0, 0.05) is 19.6 Å². The van der Waals surface area contributed by atoms with Crippen LogP contribution < -0.4 is 5.32 Å². The van der Waals surface area contributed by atoms with Crippen molar-refractivity contribution in [2.24, 2.45) is 0 Å². The quantitative estimate of drug-likeness (QED) is 0.855. The molecule has 2 rings (SSSR count). The monoisotopic (exact) mass is 237 g/mol. The summed E-state index contributed by atoms with van der Waals surface area (Å²) in [6, 6.07) is 2.32. The van der Waals surface area contributed by atoms with Crippen LogP contribution in [0.2, 0.25) is 0 Å². The van der Waals surface area contributed by atoms with E-state index in [2.05, 4.69) is 15.3 Å². The van der Waals surface area contributed by atoms with Crippen LogP contribution >= 0.6 is 11.3 Å². The number of nitrogens with one attached hydrogen (secondary N) is 1. The van der Waals surface area contributed by atoms with E-state index in [-0.39, 0.29) is 0 Å². The van der Waals surface area contributed by atoms with Gasteiger partial charge in [0.1, 0.15) is 6.33 Å². The summed E-state index contributed by atoms with van der Waals surface area (Å²) in [5, 5.41) is 5.28. The fourth-order valence-electron chi connectivity index (χ4n) is 1.66. The van der Waals surface area contributed by atoms with Crippen molar-refractivity contribution in [2.45, 2.75) is 12.5 Å². The van der Waals surface area contributed by atoms with Crippen molar-refractivity contribution in [2.75, 3.05) is 20.8 Å². The van der Waals surface area contributed by atoms with Gasteiger partial charge in [0.05, 0.1) is 22.5 Å². The highest BCUT2D eigenvalue weighted by atomic mass is 32.1. The number of ether oxygens (including phenoxy) is 1. The molecule has 0 saturated carbocycles. The van der Waals surface area contributed by atoms with E-state index in [0.717, 1.165) is 17.6 Å². The van der Waals surface area contributed by atoms with E-state index in [1.807, 2.05) is 18.5 Å². The van der Waals surface area contributed by atoms with E-state index in [4.69, 9.17) is 4.74 Å². The molecule has 0 radical (unpaired) electrons. The van der Waals surface area contributed by atoms with Crippen molar-refractivity contribution in [3.05, 3.63) is 23.5 Å². The molecule has 0 aliphatic carbocycles. The van der Waals surface area contributed by atoms with Crippen LogP contribution in [0.3, 0.4) is 0 Å². The van der Waals surface area contributed by atoms with Crippen LogP contribution in [0, 0.1) is 0 Å². The molecule has 0 amide bonds. The zero-order valence-electron chi connectivity index (χ0n) is 9.43. The van der Waals surface area contributed by atoms with E-state index < -0.39 is 0 Å². The summed E-state index contributed by atoms with van der Waals surface area (Å²) in [6.45, 7) is 0.688. The summed E-state index contributed by atoms with van der Waals surface area (Å²) in [5.41, 5.74) is 2.12. The van der Waals surface area contributed by atoms with E-state index >= 15 is 0 Å². The Hall–Kier alpha value is -1.04. The number of fused-ring (bicyclic) bond motifs is 1. The maximum absolute atomic E-state index is 5.16. The SMILES string of the molecule is CNC(COC)Cc1ncnc2ccsc12. The minimum Gasteiger partial charge on any atom is -0.383 e. The molecule has 2 aromatic rings. The van der Waals surface area contributed by atoms with Crippen LogP contribution in [0.15, 0.2) is 17.8 Å². The molecule has 1 N–H and O–H groups in total. The fourth-order valence-corrected chi connectivity index (χ4v) is 2.51. The highest BCUT2D eigenvalue weighted by Crippen LogP contribution is 2.21. The number of methoxy groups -OCH3 is 1. The van der Waals surface area contributed by atoms with Gasteiger partial charge >= 0.3 is 0 Å². The number of likely N-dealkylation sites (N-methyl/N-ethyl adjacent to an activating group) is 1. The molecule has 1 unspecified atom stereocenters. The van der Waals surface area contributed by atoms with E-state index in [9.17, 15) is 0 Å². The molecule has 16 heavy (non-hydrogen) atoms. The van der Waals surface area contributed by atoms with Crippen LogP contribution in [0.4, 0.5) is 0 Å². The number of aromatic nitrogens is 2. The molecule has 0 fully saturated rings. The molecule has 0 spiro atoms. The average Bonchev–Trinajstić information content (AvgIpc) is 2.77. The number of nitrogens with zero attached hydrogens (tertiary/aromatic N) is 2. The second-order valence-corrected chi connectivity index (χ2v) is 4.52. The molecule has 5 heteroatoms. The molecule has 0 aliphatic rings. The average molecular weight is 237 g/mol. The van der Waals surface area contributed by atoms with Gasteiger partial charge in [0.2, 0.25) is 0 Å². The van der Waals surface area contributed by atoms with Gasteiger partial charge in [-0.1, -0.05) is 0 Å². The maximum atomic E-state index is 5.16. The normalized spacial score (nSPS) is 13.1. The van der Waals surface area contributed by atoms with E-state index in [1.165, 1.54) is 4.70 Å². The standard InChI is InChI=1S/C11H15N3OS/c1-12-8(6-15-2)5-10-11-9(3-4-16-11)13-7-14-10/h3-4,7-8,12H,5-6H2,1-2H3. The Balaban J connectivity index is 2.22. The third-order valence-corrected chi connectivity index (χ3v) is 3.49. The lowest BCUT2D eigenvalue weighted by molar-refractivity contribution is 0.169. The summed E-state index contributed by atoms with van der Waals surface area (Å²) < 4.78 is 6.34. The highest BCUT2D eigenvalue weighted by molar-refractivity contribution is 7.17. The Morgan fingerprint density at radius 3 is 3.12 bits per heavy atom. The Morgan fingerprint density at radius 2 is 2.38 bits per heavy atom. The molecule has 86 valence electrons. The molecule has 2 heterocycles. The highest BCUT2D eigenvalue weighted by Gasteiger charge is 2.11. The molecular formula is C11H15N3OS. The Morgan fingerprint density at radius 1 is 1.50 bits per heavy atom. The first kappa shape index (κ1) is 11.4. The summed E-state index contributed by atoms with van der Waals surface area (Å²) in [5.74, 6) is 0. The maximum Gasteiger partial charge on any atom is 0.116 e. The summed E-state index contributed by atoms with van der Waals surface area (Å²) in [6.07, 6.45) is 2.49. The number of hydrogen-bond donors (Lipinski definition) is 1. The first-order valence-corrected chi connectivity index (χ1v) is 6.06. The first-order chi connectivity index (χ1) is 7.85. The third kappa shape index (κ3) is 2.37. The van der Waals surface area contributed by atoms with Crippen molar-refractivity contribution in [3.63, 3.8) is 0 Å². The van der Waals surface area contributed by atoms with Crippen LogP contribution in [0.5, 0.6) is 0 Å². The predicted molar refractivity (Wildman–Crippen MR) is 65.8 cm³/mol. The van der Waals surface area contributed by atoms with Gasteiger partial charge in [-0.2, -0.15) is 0 Å². The lowest BCUT2D eigenvalue weighted by Gasteiger charge is -2.14. The van der Waals surface area contributed by atoms with Crippen LogP contribution in [0.25, 0.3) is 10.2 Å². The lowest BCUT2D eigenvalue weighted by atomic mass is 10.1. The minimum absolute atomic E-state index is 0.296. The molecular weight excluding hydrogens is 222 g/mol. The summed E-state index contributed by atoms with van der Waals surface area (Å²) in [4.78, 5) is 8.58. The Labute approximate surface area is 98.7 Å². The van der Waals surface area contributed by atoms with Gasteiger partial charge in [0.25, 0.3) is 0 Å². The summed E-state index contributed by atoms with van der Waals surface area (Å²) >= 11 is 1.69. The van der Waals surface area contributed by atoms with Gasteiger partial charge in [-0.15, -0.1) is 11.3 Å². The number of rotatable bonds is 5. The lowest BCUT2D eigenvalue weighted by Crippen LogP contribution is -2.32. The largest absolute Gasteiger partial charge is 0.383 e. The number of hydrogen-bond acceptors (Lipinski definition) is 5. The summed E-state index contributed by atoms with van der Waals surface area (Å²) in [7, 11) is 3.65. The van der Waals surface area contributed by atoms with Crippen molar-refractivity contribution in [3.8, 4) is 0 Å². The molecule has 0 aliphatic heterocycles. The zero-order chi connectivity index (χ0) is 11.4. The van der Waals surface area contributed by atoms with Gasteiger partial charge in [-0.05, 0) is 18.5 Å². The molecule has 0 bridgehead atoms. The van der Waals surface area contributed by atoms with E-state index in [1.54, 1.807) is 24.8 Å². The zero-order valence-corrected chi connectivity index (χ0v) is 10.3. The first-order valence-electron chi connectivity index (χ1n) is 5.18. The van der Waals surface area contributed by atoms with E-state index in [0.29, 0.717) is 12.6 Å². The van der Waals surface area contributed by atoms with Crippen molar-refractivity contribution >= 4 is 21.6 Å². The molecule has 2 aromatic heterocycles. The topological polar surface area (TPSA) is 47.0 Å². The van der Waals surface area contributed by atoms with Crippen molar-refractivity contribution in [1.29, 1.82) is 0 Å². The van der Waals surface area contributed by atoms with Gasteiger partial charge in [-0.3, -0.25) is 0 Å². The third-order valence-electron chi connectivity index (χ3n) is 2.53. The van der Waals surface area contributed by atoms with Crippen molar-refractivity contribution in [1.82, 2.24) is 15.3 Å². The molecule has 4 nitrogen and oxygen atoms in total. The second kappa shape index (κ2) is 5.34. The number of thiophene rings is 1. The van der Waals surface area contributed by atoms with Gasteiger partial charge < -0.3 is 10.1 Å². The predicted octanol–water partition coefficient (Wildman–Crippen LogP) is 1.47. The molecule has 1 atom stereocenters. The van der Waals surface area contributed by atoms with Crippen molar-refractivity contribution < 1.29 is 4.74 Å². The van der Waals surface area contributed by atoms with Crippen LogP contribution in [-0.4, -0.2) is 36.8 Å². The Kier molecular flexibility index (Phi) is 3.82. The second-order valence-electron chi connectivity index (χ2n) is 3.60. The smallest absolute Gasteiger partial charge is 0.116 e.